The molecule has 0 atom stereocenters. The van der Waals surface area contributed by atoms with E-state index in [0.717, 1.165) is 89.4 Å². The lowest BCUT2D eigenvalue weighted by atomic mass is 10.0. The average molecular weight is 632 g/mol. The highest BCUT2D eigenvalue weighted by Gasteiger charge is 2.19. The molecule has 0 amide bonds. The molecule has 0 saturated carbocycles. The Morgan fingerprint density at radius 3 is 1.27 bits per heavy atom. The maximum absolute atomic E-state index is 5.32. The zero-order chi connectivity index (χ0) is 32.7. The van der Waals surface area contributed by atoms with Crippen LogP contribution in [0.5, 0.6) is 0 Å². The van der Waals surface area contributed by atoms with Gasteiger partial charge in [0.25, 0.3) is 0 Å². The molecule has 2 aromatic carbocycles. The van der Waals surface area contributed by atoms with Crippen molar-refractivity contribution in [2.45, 2.75) is 0 Å². The minimum Gasteiger partial charge on any atom is -0.354 e. The summed E-state index contributed by atoms with van der Waals surface area (Å²) in [7, 11) is 2.04. The molecule has 0 saturated heterocycles. The summed E-state index contributed by atoms with van der Waals surface area (Å²) < 4.78 is 2.05. The van der Waals surface area contributed by atoms with Gasteiger partial charge in [-0.25, -0.2) is 14.5 Å². The van der Waals surface area contributed by atoms with Crippen molar-refractivity contribution in [3.05, 3.63) is 157 Å². The number of benzene rings is 2. The van der Waals surface area contributed by atoms with Crippen LogP contribution in [0.1, 0.15) is 22.8 Å². The van der Waals surface area contributed by atoms with Crippen LogP contribution in [0.3, 0.4) is 0 Å². The Balaban J connectivity index is 1.48. The molecule has 0 radical (unpaired) electrons. The van der Waals surface area contributed by atoms with Crippen LogP contribution in [0.4, 0.5) is 0 Å². The van der Waals surface area contributed by atoms with Crippen molar-refractivity contribution in [3.63, 3.8) is 0 Å². The topological polar surface area (TPSA) is 74.1 Å². The number of rotatable bonds is 4. The maximum atomic E-state index is 5.32. The molecular formula is C43H31N6+. The van der Waals surface area contributed by atoms with Gasteiger partial charge in [0.2, 0.25) is 0 Å². The molecule has 232 valence electrons. The molecule has 8 bridgehead atoms. The van der Waals surface area contributed by atoms with Crippen molar-refractivity contribution in [1.82, 2.24) is 24.9 Å². The summed E-state index contributed by atoms with van der Waals surface area (Å²) in [5.74, 6) is 0. The summed E-state index contributed by atoms with van der Waals surface area (Å²) in [6, 6.07) is 38.0. The molecule has 0 spiro atoms. The SMILES string of the molecule is C[n+]1ccc(-c2c3ccc([nH]3)c(-c3ccccc3)c3nc(c(-c4ccncc4)c4nc(c(-c5ccccc5)c5ccc2[nH]5)C=C4)C=C3)cc1. The van der Waals surface area contributed by atoms with Crippen molar-refractivity contribution in [3.8, 4) is 44.5 Å². The third kappa shape index (κ3) is 5.16. The fraction of sp³-hybridized carbons (Fsp3) is 0.0233. The number of aromatic amines is 2. The summed E-state index contributed by atoms with van der Waals surface area (Å²) >= 11 is 0. The van der Waals surface area contributed by atoms with E-state index in [1.54, 1.807) is 0 Å². The highest BCUT2D eigenvalue weighted by Crippen LogP contribution is 2.38. The Kier molecular flexibility index (Phi) is 6.91. The first kappa shape index (κ1) is 28.6. The number of aryl methyl sites for hydroxylation is 1. The molecule has 49 heavy (non-hydrogen) atoms. The van der Waals surface area contributed by atoms with Gasteiger partial charge >= 0.3 is 0 Å². The second-order valence-corrected chi connectivity index (χ2v) is 12.2. The van der Waals surface area contributed by atoms with Crippen LogP contribution >= 0.6 is 0 Å². The van der Waals surface area contributed by atoms with Gasteiger partial charge in [0.05, 0.1) is 22.8 Å². The summed E-state index contributed by atoms with van der Waals surface area (Å²) in [6.07, 6.45) is 16.2. The fourth-order valence-electron chi connectivity index (χ4n) is 6.82. The van der Waals surface area contributed by atoms with E-state index in [1.807, 2.05) is 43.7 Å². The quantitative estimate of drug-likeness (QED) is 0.190. The van der Waals surface area contributed by atoms with E-state index in [4.69, 9.17) is 9.97 Å². The van der Waals surface area contributed by atoms with E-state index in [0.29, 0.717) is 0 Å². The third-order valence-corrected chi connectivity index (χ3v) is 9.11. The Bertz CT molecular complexity index is 2440. The molecule has 0 fully saturated rings. The van der Waals surface area contributed by atoms with E-state index >= 15 is 0 Å². The van der Waals surface area contributed by atoms with Gasteiger partial charge in [0, 0.05) is 68.8 Å². The first-order valence-electron chi connectivity index (χ1n) is 16.3. The monoisotopic (exact) mass is 631 g/mol. The van der Waals surface area contributed by atoms with E-state index < -0.39 is 0 Å². The molecule has 2 aliphatic rings. The van der Waals surface area contributed by atoms with Gasteiger partial charge in [-0.1, -0.05) is 60.7 Å². The van der Waals surface area contributed by atoms with Gasteiger partial charge < -0.3 is 9.97 Å². The molecule has 7 aromatic rings. The van der Waals surface area contributed by atoms with E-state index in [1.165, 1.54) is 0 Å². The number of nitrogens with zero attached hydrogens (tertiary/aromatic N) is 4. The van der Waals surface area contributed by atoms with Gasteiger partial charge in [-0.05, 0) is 83.0 Å². The second-order valence-electron chi connectivity index (χ2n) is 12.2. The summed E-state index contributed by atoms with van der Waals surface area (Å²) in [5, 5.41) is 0. The van der Waals surface area contributed by atoms with Crippen LogP contribution in [-0.4, -0.2) is 24.9 Å². The largest absolute Gasteiger partial charge is 0.354 e. The number of hydrogen-bond acceptors (Lipinski definition) is 3. The summed E-state index contributed by atoms with van der Waals surface area (Å²) in [6.45, 7) is 0. The normalized spacial score (nSPS) is 12.0. The standard InChI is InChI=1S/C43H30N6/c1-49-26-22-31(23-27-49)43-38-18-14-34(47-38)40(28-8-4-2-5-9-28)32-12-16-36(45-32)42(30-20-24-44-25-21-30)37-17-13-33(46-37)41(29-10-6-3-7-11-29)35-15-19-39(43)48-35/h2-27H,1H3,(H,45,46,47,48)/p+1. The second kappa shape index (κ2) is 11.9. The lowest BCUT2D eigenvalue weighted by Crippen LogP contribution is -2.25. The number of nitrogens with one attached hydrogen (secondary N) is 2. The Morgan fingerprint density at radius 1 is 0.408 bits per heavy atom. The molecule has 2 aliphatic heterocycles. The highest BCUT2D eigenvalue weighted by atomic mass is 14.9. The first-order chi connectivity index (χ1) is 24.2. The van der Waals surface area contributed by atoms with Crippen molar-refractivity contribution in [2.75, 3.05) is 0 Å². The predicted molar refractivity (Wildman–Crippen MR) is 200 cm³/mol. The molecule has 5 aromatic heterocycles. The zero-order valence-corrected chi connectivity index (χ0v) is 26.8. The van der Waals surface area contributed by atoms with Gasteiger partial charge in [-0.15, -0.1) is 0 Å². The Hall–Kier alpha value is -6.66. The van der Waals surface area contributed by atoms with Crippen LogP contribution in [0.15, 0.2) is 134 Å². The lowest BCUT2D eigenvalue weighted by molar-refractivity contribution is -0.671. The minimum absolute atomic E-state index is 0.853. The van der Waals surface area contributed by atoms with Crippen molar-refractivity contribution in [1.29, 1.82) is 0 Å². The molecule has 6 nitrogen and oxygen atoms in total. The van der Waals surface area contributed by atoms with Gasteiger partial charge in [0.1, 0.15) is 7.05 Å². The summed E-state index contributed by atoms with van der Waals surface area (Å²) in [5.41, 5.74) is 15.8. The first-order valence-corrected chi connectivity index (χ1v) is 16.3. The van der Waals surface area contributed by atoms with Crippen LogP contribution < -0.4 is 4.57 Å². The van der Waals surface area contributed by atoms with Crippen LogP contribution in [0, 0.1) is 0 Å². The molecule has 0 unspecified atom stereocenters. The molecule has 6 heteroatoms. The van der Waals surface area contributed by atoms with Gasteiger partial charge in [-0.3, -0.25) is 4.98 Å². The molecule has 7 heterocycles. The maximum Gasteiger partial charge on any atom is 0.169 e. The fourth-order valence-corrected chi connectivity index (χ4v) is 6.82. The number of pyridine rings is 2. The van der Waals surface area contributed by atoms with Crippen molar-refractivity contribution < 1.29 is 4.57 Å². The molecule has 2 N–H and O–H groups in total. The molecular weight excluding hydrogens is 601 g/mol. The zero-order valence-electron chi connectivity index (χ0n) is 26.8. The van der Waals surface area contributed by atoms with Crippen LogP contribution in [0.25, 0.3) is 90.9 Å². The van der Waals surface area contributed by atoms with E-state index in [2.05, 4.69) is 141 Å². The number of fused-ring (bicyclic) bond motifs is 8. The Labute approximate surface area is 283 Å². The smallest absolute Gasteiger partial charge is 0.169 e. The minimum atomic E-state index is 0.853. The van der Waals surface area contributed by atoms with Crippen LogP contribution in [0.2, 0.25) is 0 Å². The van der Waals surface area contributed by atoms with E-state index in [-0.39, 0.29) is 0 Å². The number of hydrogen-bond donors (Lipinski definition) is 2. The van der Waals surface area contributed by atoms with Gasteiger partial charge in [-0.2, -0.15) is 0 Å². The van der Waals surface area contributed by atoms with Crippen molar-refractivity contribution in [2.24, 2.45) is 7.05 Å². The highest BCUT2D eigenvalue weighted by molar-refractivity contribution is 6.00. The number of H-pyrrole nitrogens is 2. The van der Waals surface area contributed by atoms with Crippen molar-refractivity contribution >= 4 is 46.4 Å². The summed E-state index contributed by atoms with van der Waals surface area (Å²) in [4.78, 5) is 22.6. The van der Waals surface area contributed by atoms with Crippen LogP contribution in [-0.2, 0) is 7.05 Å². The average Bonchev–Trinajstić information content (AvgIpc) is 3.98. The molecule has 9 rings (SSSR count). The molecule has 0 aliphatic carbocycles. The van der Waals surface area contributed by atoms with Gasteiger partial charge in [0.15, 0.2) is 12.4 Å². The third-order valence-electron chi connectivity index (χ3n) is 9.11. The lowest BCUT2D eigenvalue weighted by Gasteiger charge is -2.06. The predicted octanol–water partition coefficient (Wildman–Crippen LogP) is 9.54. The number of aromatic nitrogens is 6. The van der Waals surface area contributed by atoms with E-state index in [9.17, 15) is 0 Å². The Morgan fingerprint density at radius 2 is 0.796 bits per heavy atom.